The van der Waals surface area contributed by atoms with Gasteiger partial charge < -0.3 is 7.96 Å². The SMILES string of the molecule is CC(=O)O.Cl.[Ca+2].[H-].[H-].[Zn]. The minimum atomic E-state index is -0.833. The molecule has 0 aromatic rings. The Balaban J connectivity index is -0.00000000450. The van der Waals surface area contributed by atoms with E-state index in [1.807, 2.05) is 0 Å². The van der Waals surface area contributed by atoms with Gasteiger partial charge in [-0.2, -0.15) is 0 Å². The van der Waals surface area contributed by atoms with Crippen LogP contribution in [0.3, 0.4) is 0 Å². The second-order valence-electron chi connectivity index (χ2n) is 0.519. The van der Waals surface area contributed by atoms with Crippen molar-refractivity contribution in [2.45, 2.75) is 6.92 Å². The maximum atomic E-state index is 9.00. The molecule has 0 atom stereocenters. The largest absolute Gasteiger partial charge is 2.00 e. The summed E-state index contributed by atoms with van der Waals surface area (Å²) in [6.45, 7) is 1.08. The van der Waals surface area contributed by atoms with Crippen LogP contribution < -0.4 is 0 Å². The van der Waals surface area contributed by atoms with Crippen molar-refractivity contribution >= 4 is 56.1 Å². The topological polar surface area (TPSA) is 37.3 Å². The van der Waals surface area contributed by atoms with E-state index in [9.17, 15) is 0 Å². The molecule has 0 aliphatic carbocycles. The van der Waals surface area contributed by atoms with Gasteiger partial charge in [-0.1, -0.05) is 0 Å². The van der Waals surface area contributed by atoms with Crippen LogP contribution >= 0.6 is 12.4 Å². The van der Waals surface area contributed by atoms with Crippen LogP contribution in [0, 0.1) is 0 Å². The van der Waals surface area contributed by atoms with E-state index in [0.717, 1.165) is 6.92 Å². The molecule has 0 unspecified atom stereocenters. The summed E-state index contributed by atoms with van der Waals surface area (Å²) in [5.41, 5.74) is 0. The van der Waals surface area contributed by atoms with Gasteiger partial charge in [-0.05, 0) is 0 Å². The van der Waals surface area contributed by atoms with Crippen LogP contribution in [0.1, 0.15) is 9.78 Å². The molecular weight excluding hydrogens is 197 g/mol. The van der Waals surface area contributed by atoms with Gasteiger partial charge in [0.1, 0.15) is 0 Å². The van der Waals surface area contributed by atoms with E-state index in [4.69, 9.17) is 9.90 Å². The Morgan fingerprint density at radius 3 is 1.71 bits per heavy atom. The van der Waals surface area contributed by atoms with Crippen molar-refractivity contribution in [3.8, 4) is 0 Å². The van der Waals surface area contributed by atoms with E-state index >= 15 is 0 Å². The van der Waals surface area contributed by atoms with Crippen molar-refractivity contribution in [2.24, 2.45) is 0 Å². The summed E-state index contributed by atoms with van der Waals surface area (Å²) in [7, 11) is 0. The maximum absolute atomic E-state index is 9.00. The van der Waals surface area contributed by atoms with Gasteiger partial charge in [-0.15, -0.1) is 12.4 Å². The molecule has 0 spiro atoms. The molecule has 0 saturated heterocycles. The summed E-state index contributed by atoms with van der Waals surface area (Å²) in [5, 5.41) is 7.42. The summed E-state index contributed by atoms with van der Waals surface area (Å²) >= 11 is 0. The summed E-state index contributed by atoms with van der Waals surface area (Å²) in [6.07, 6.45) is 0. The Morgan fingerprint density at radius 2 is 1.71 bits per heavy atom. The molecule has 0 rings (SSSR count). The fourth-order valence-corrected chi connectivity index (χ4v) is 0. The Labute approximate surface area is 94.2 Å². The molecule has 2 nitrogen and oxygen atoms in total. The molecule has 38 valence electrons. The van der Waals surface area contributed by atoms with Gasteiger partial charge in [0.15, 0.2) is 0 Å². The average molecular weight is 204 g/mol. The molecule has 0 aromatic carbocycles. The van der Waals surface area contributed by atoms with Crippen molar-refractivity contribution in [2.75, 3.05) is 0 Å². The van der Waals surface area contributed by atoms with Crippen molar-refractivity contribution in [3.63, 3.8) is 0 Å². The zero-order valence-electron chi connectivity index (χ0n) is 6.18. The molecule has 0 fully saturated rings. The van der Waals surface area contributed by atoms with Crippen LogP contribution in [-0.2, 0) is 24.3 Å². The van der Waals surface area contributed by atoms with Crippen LogP contribution in [0.15, 0.2) is 0 Å². The fraction of sp³-hybridized carbons (Fsp3) is 0.500. The first-order chi connectivity index (χ1) is 1.73. The number of aliphatic carboxylic acids is 1. The van der Waals surface area contributed by atoms with Crippen LogP contribution in [0.25, 0.3) is 0 Å². The molecule has 0 aromatic heterocycles. The van der Waals surface area contributed by atoms with Gasteiger partial charge in [0.05, 0.1) is 0 Å². The minimum absolute atomic E-state index is 0. The Morgan fingerprint density at radius 1 is 1.71 bits per heavy atom. The van der Waals surface area contributed by atoms with Gasteiger partial charge in [0.2, 0.25) is 0 Å². The first-order valence-corrected chi connectivity index (χ1v) is 0.928. The van der Waals surface area contributed by atoms with E-state index in [2.05, 4.69) is 0 Å². The monoisotopic (exact) mass is 202 g/mol. The zero-order chi connectivity index (χ0) is 3.58. The first-order valence-electron chi connectivity index (χ1n) is 0.928. The molecule has 0 heterocycles. The van der Waals surface area contributed by atoms with Crippen LogP contribution in [-0.4, -0.2) is 48.8 Å². The van der Waals surface area contributed by atoms with E-state index in [0.29, 0.717) is 0 Å². The quantitative estimate of drug-likeness (QED) is 0.578. The van der Waals surface area contributed by atoms with Crippen molar-refractivity contribution in [1.82, 2.24) is 0 Å². The predicted octanol–water partition coefficient (Wildman–Crippen LogP) is 0.354. The maximum Gasteiger partial charge on any atom is 2.00 e. The van der Waals surface area contributed by atoms with Gasteiger partial charge in [-0.25, -0.2) is 0 Å². The smallest absolute Gasteiger partial charge is 1.00 e. The number of carboxylic acids is 1. The zero-order valence-corrected chi connectivity index (χ0v) is 10.2. The molecule has 7 heavy (non-hydrogen) atoms. The van der Waals surface area contributed by atoms with Gasteiger partial charge in [-0.3, -0.25) is 4.79 Å². The number of rotatable bonds is 0. The first kappa shape index (κ1) is 23.4. The van der Waals surface area contributed by atoms with Crippen LogP contribution in [0.2, 0.25) is 0 Å². The molecule has 0 amide bonds. The molecule has 0 saturated carbocycles. The molecular formula is C2H7CaClO2Zn. The number of halogens is 1. The molecule has 0 aliphatic heterocycles. The predicted molar refractivity (Wildman–Crippen MR) is 28.5 cm³/mol. The summed E-state index contributed by atoms with van der Waals surface area (Å²) in [5.74, 6) is -0.833. The summed E-state index contributed by atoms with van der Waals surface area (Å²) in [6, 6.07) is 0. The van der Waals surface area contributed by atoms with Crippen LogP contribution in [0.4, 0.5) is 0 Å². The molecule has 5 heteroatoms. The Bertz CT molecular complexity index is 45.5. The fourth-order valence-electron chi connectivity index (χ4n) is 0. The molecule has 0 radical (unpaired) electrons. The van der Waals surface area contributed by atoms with Gasteiger partial charge in [0, 0.05) is 26.4 Å². The van der Waals surface area contributed by atoms with Gasteiger partial charge in [0.25, 0.3) is 5.97 Å². The standard InChI is InChI=1S/C2H4O2.Ca.ClH.Zn.2H/c1-2(3)4;;;;;/h1H3,(H,3,4);;1H;;;/q;+2;;;2*-1. The third-order valence-corrected chi connectivity index (χ3v) is 0. The van der Waals surface area contributed by atoms with E-state index in [-0.39, 0.29) is 72.5 Å². The van der Waals surface area contributed by atoms with E-state index in [1.54, 1.807) is 0 Å². The van der Waals surface area contributed by atoms with Crippen molar-refractivity contribution in [1.29, 1.82) is 0 Å². The Hall–Kier alpha value is 1.64. The van der Waals surface area contributed by atoms with E-state index in [1.165, 1.54) is 0 Å². The summed E-state index contributed by atoms with van der Waals surface area (Å²) < 4.78 is 0. The van der Waals surface area contributed by atoms with E-state index < -0.39 is 5.97 Å². The molecule has 0 bridgehead atoms. The van der Waals surface area contributed by atoms with Gasteiger partial charge >= 0.3 is 37.7 Å². The van der Waals surface area contributed by atoms with Crippen molar-refractivity contribution < 1.29 is 32.2 Å². The second kappa shape index (κ2) is 15.6. The normalized spacial score (nSPS) is 3.57. The minimum Gasteiger partial charge on any atom is -1.00 e. The van der Waals surface area contributed by atoms with Crippen LogP contribution in [0.5, 0.6) is 0 Å². The third-order valence-electron chi connectivity index (χ3n) is 0. The molecule has 1 N–H and O–H groups in total. The third kappa shape index (κ3) is 90.2. The summed E-state index contributed by atoms with van der Waals surface area (Å²) in [4.78, 5) is 9.00. The molecule has 0 aliphatic rings. The number of hydrogen-bond acceptors (Lipinski definition) is 1. The number of hydrogen-bond donors (Lipinski definition) is 1. The average Bonchev–Trinajstić information content (AvgIpc) is 0.811. The number of carboxylic acid groups (broad SMARTS) is 1. The van der Waals surface area contributed by atoms with Crippen molar-refractivity contribution in [3.05, 3.63) is 0 Å². The number of carbonyl (C=O) groups is 1. The second-order valence-corrected chi connectivity index (χ2v) is 0.519. The Kier molecular flexibility index (Phi) is 52.3.